The van der Waals surface area contributed by atoms with Crippen LogP contribution in [0.4, 0.5) is 0 Å². The van der Waals surface area contributed by atoms with E-state index in [1.54, 1.807) is 29.2 Å². The van der Waals surface area contributed by atoms with Crippen LogP contribution in [0.5, 0.6) is 0 Å². The Morgan fingerprint density at radius 1 is 1.18 bits per heavy atom. The highest BCUT2D eigenvalue weighted by molar-refractivity contribution is 5.94. The lowest BCUT2D eigenvalue weighted by molar-refractivity contribution is -0.139. The summed E-state index contributed by atoms with van der Waals surface area (Å²) in [6.45, 7) is 4.47. The molecular formula is C19H28ClN3O5. The zero-order valence-electron chi connectivity index (χ0n) is 16.0. The number of amides is 2. The number of morpholine rings is 1. The Balaban J connectivity index is 0.00000392. The van der Waals surface area contributed by atoms with Crippen LogP contribution in [0.25, 0.3) is 0 Å². The summed E-state index contributed by atoms with van der Waals surface area (Å²) in [7, 11) is 0. The van der Waals surface area contributed by atoms with Crippen molar-refractivity contribution in [3.05, 3.63) is 35.4 Å². The lowest BCUT2D eigenvalue weighted by Gasteiger charge is -2.26. The number of aliphatic carboxylic acids is 1. The highest BCUT2D eigenvalue weighted by atomic mass is 35.5. The minimum absolute atomic E-state index is 0. The van der Waals surface area contributed by atoms with Crippen molar-refractivity contribution in [3.63, 3.8) is 0 Å². The molecule has 1 aliphatic heterocycles. The van der Waals surface area contributed by atoms with Crippen molar-refractivity contribution < 1.29 is 24.2 Å². The maximum atomic E-state index is 12.4. The first-order chi connectivity index (χ1) is 13.0. The smallest absolute Gasteiger partial charge is 0.320 e. The normalized spacial score (nSPS) is 14.7. The second kappa shape index (κ2) is 12.3. The Kier molecular flexibility index (Phi) is 10.5. The number of carboxylic acid groups (broad SMARTS) is 1. The van der Waals surface area contributed by atoms with Crippen LogP contribution in [0, 0.1) is 0 Å². The van der Waals surface area contributed by atoms with Crippen LogP contribution in [0.15, 0.2) is 24.3 Å². The van der Waals surface area contributed by atoms with Crippen LogP contribution < -0.4 is 10.6 Å². The van der Waals surface area contributed by atoms with Gasteiger partial charge < -0.3 is 20.1 Å². The average Bonchev–Trinajstić information content (AvgIpc) is 2.69. The maximum Gasteiger partial charge on any atom is 0.320 e. The molecule has 0 aromatic heterocycles. The van der Waals surface area contributed by atoms with Gasteiger partial charge in [-0.05, 0) is 24.1 Å². The van der Waals surface area contributed by atoms with E-state index in [2.05, 4.69) is 10.6 Å². The van der Waals surface area contributed by atoms with E-state index in [9.17, 15) is 14.4 Å². The number of nitrogens with one attached hydrogen (secondary N) is 2. The van der Waals surface area contributed by atoms with Crippen LogP contribution in [-0.4, -0.2) is 66.7 Å². The third kappa shape index (κ3) is 7.46. The highest BCUT2D eigenvalue weighted by Crippen LogP contribution is 2.09. The van der Waals surface area contributed by atoms with E-state index in [1.807, 2.05) is 6.92 Å². The standard InChI is InChI=1S/C19H27N3O5.ClH/c1-2-3-16(19(25)26)20-13-17(23)21-12-14-4-6-15(7-5-14)18(24)22-8-10-27-11-9-22;/h4-7,16,20H,2-3,8-13H2,1H3,(H,21,23)(H,25,26);1H. The largest absolute Gasteiger partial charge is 0.480 e. The number of hydrogen-bond donors (Lipinski definition) is 3. The first-order valence-electron chi connectivity index (χ1n) is 9.20. The molecule has 8 nitrogen and oxygen atoms in total. The van der Waals surface area contributed by atoms with Gasteiger partial charge in [-0.1, -0.05) is 25.5 Å². The third-order valence-electron chi connectivity index (χ3n) is 4.37. The first-order valence-corrected chi connectivity index (χ1v) is 9.20. The van der Waals surface area contributed by atoms with Crippen molar-refractivity contribution >= 4 is 30.2 Å². The molecule has 0 bridgehead atoms. The number of carbonyl (C=O) groups excluding carboxylic acids is 2. The van der Waals surface area contributed by atoms with Gasteiger partial charge in [-0.3, -0.25) is 19.7 Å². The molecule has 3 N–H and O–H groups in total. The molecule has 28 heavy (non-hydrogen) atoms. The first kappa shape index (κ1) is 23.9. The lowest BCUT2D eigenvalue weighted by Crippen LogP contribution is -2.42. The van der Waals surface area contributed by atoms with E-state index in [1.165, 1.54) is 0 Å². The summed E-state index contributed by atoms with van der Waals surface area (Å²) < 4.78 is 5.25. The minimum atomic E-state index is -0.954. The number of carbonyl (C=O) groups is 3. The third-order valence-corrected chi connectivity index (χ3v) is 4.37. The van der Waals surface area contributed by atoms with E-state index in [4.69, 9.17) is 9.84 Å². The molecule has 0 spiro atoms. The molecule has 1 aromatic rings. The van der Waals surface area contributed by atoms with Gasteiger partial charge >= 0.3 is 5.97 Å². The second-order valence-corrected chi connectivity index (χ2v) is 6.44. The van der Waals surface area contributed by atoms with Crippen LogP contribution in [0.2, 0.25) is 0 Å². The molecule has 0 radical (unpaired) electrons. The van der Waals surface area contributed by atoms with Gasteiger partial charge in [0.15, 0.2) is 0 Å². The number of halogens is 1. The Labute approximate surface area is 171 Å². The number of rotatable bonds is 9. The monoisotopic (exact) mass is 413 g/mol. The van der Waals surface area contributed by atoms with Gasteiger partial charge in [0, 0.05) is 25.2 Å². The molecule has 1 atom stereocenters. The van der Waals surface area contributed by atoms with Gasteiger partial charge in [0.2, 0.25) is 5.91 Å². The summed E-state index contributed by atoms with van der Waals surface area (Å²) in [5.74, 6) is -1.25. The summed E-state index contributed by atoms with van der Waals surface area (Å²) in [6, 6.07) is 6.39. The summed E-state index contributed by atoms with van der Waals surface area (Å²) in [4.78, 5) is 37.1. The van der Waals surface area contributed by atoms with E-state index in [0.29, 0.717) is 44.8 Å². The van der Waals surface area contributed by atoms with Crippen molar-refractivity contribution in [2.75, 3.05) is 32.8 Å². The molecule has 1 aromatic carbocycles. The van der Waals surface area contributed by atoms with Crippen molar-refractivity contribution in [2.45, 2.75) is 32.4 Å². The topological polar surface area (TPSA) is 108 Å². The molecule has 1 aliphatic rings. The summed E-state index contributed by atoms with van der Waals surface area (Å²) in [5.41, 5.74) is 1.47. The molecule has 1 fully saturated rings. The van der Waals surface area contributed by atoms with Gasteiger partial charge in [0.05, 0.1) is 19.8 Å². The molecule has 2 rings (SSSR count). The van der Waals surface area contributed by atoms with Crippen molar-refractivity contribution in [3.8, 4) is 0 Å². The number of carboxylic acids is 1. The number of nitrogens with zero attached hydrogens (tertiary/aromatic N) is 1. The Bertz CT molecular complexity index is 647. The van der Waals surface area contributed by atoms with Crippen LogP contribution >= 0.6 is 12.4 Å². The van der Waals surface area contributed by atoms with E-state index in [0.717, 1.165) is 12.0 Å². The molecular weight excluding hydrogens is 386 g/mol. The van der Waals surface area contributed by atoms with E-state index < -0.39 is 12.0 Å². The maximum absolute atomic E-state index is 12.4. The van der Waals surface area contributed by atoms with Crippen molar-refractivity contribution in [1.29, 1.82) is 0 Å². The second-order valence-electron chi connectivity index (χ2n) is 6.44. The van der Waals surface area contributed by atoms with Gasteiger partial charge in [0.1, 0.15) is 6.04 Å². The van der Waals surface area contributed by atoms with Crippen molar-refractivity contribution in [2.24, 2.45) is 0 Å². The van der Waals surface area contributed by atoms with Gasteiger partial charge in [-0.25, -0.2) is 0 Å². The Hall–Kier alpha value is -2.16. The fourth-order valence-electron chi connectivity index (χ4n) is 2.79. The van der Waals surface area contributed by atoms with E-state index in [-0.39, 0.29) is 30.8 Å². The molecule has 1 unspecified atom stereocenters. The van der Waals surface area contributed by atoms with Gasteiger partial charge in [-0.15, -0.1) is 12.4 Å². The van der Waals surface area contributed by atoms with Gasteiger partial charge in [-0.2, -0.15) is 0 Å². The van der Waals surface area contributed by atoms with Crippen LogP contribution in [0.1, 0.15) is 35.7 Å². The average molecular weight is 414 g/mol. The van der Waals surface area contributed by atoms with Gasteiger partial charge in [0.25, 0.3) is 5.91 Å². The molecule has 0 saturated carbocycles. The van der Waals surface area contributed by atoms with Crippen LogP contribution in [0.3, 0.4) is 0 Å². The zero-order valence-corrected chi connectivity index (χ0v) is 16.8. The highest BCUT2D eigenvalue weighted by Gasteiger charge is 2.18. The SMILES string of the molecule is CCCC(NCC(=O)NCc1ccc(C(=O)N2CCOCC2)cc1)C(=O)O.Cl. The predicted octanol–water partition coefficient (Wildman–Crippen LogP) is 1.04. The predicted molar refractivity (Wildman–Crippen MR) is 107 cm³/mol. The fourth-order valence-corrected chi connectivity index (χ4v) is 2.79. The quantitative estimate of drug-likeness (QED) is 0.558. The Morgan fingerprint density at radius 3 is 2.39 bits per heavy atom. The number of ether oxygens (including phenoxy) is 1. The number of benzene rings is 1. The molecule has 156 valence electrons. The van der Waals surface area contributed by atoms with Crippen molar-refractivity contribution in [1.82, 2.24) is 15.5 Å². The molecule has 1 saturated heterocycles. The molecule has 0 aliphatic carbocycles. The van der Waals surface area contributed by atoms with E-state index >= 15 is 0 Å². The summed E-state index contributed by atoms with van der Waals surface area (Å²) in [6.07, 6.45) is 1.20. The minimum Gasteiger partial charge on any atom is -0.480 e. The summed E-state index contributed by atoms with van der Waals surface area (Å²) in [5, 5.41) is 14.5. The summed E-state index contributed by atoms with van der Waals surface area (Å²) >= 11 is 0. The zero-order chi connectivity index (χ0) is 19.6. The fraction of sp³-hybridized carbons (Fsp3) is 0.526. The van der Waals surface area contributed by atoms with Crippen LogP contribution in [-0.2, 0) is 20.9 Å². The molecule has 2 amide bonds. The Morgan fingerprint density at radius 2 is 1.82 bits per heavy atom. The molecule has 9 heteroatoms. The lowest BCUT2D eigenvalue weighted by atomic mass is 10.1. The molecule has 1 heterocycles. The number of hydrogen-bond acceptors (Lipinski definition) is 5.